The largest absolute Gasteiger partial charge is 0.416 e. The first-order valence-electron chi connectivity index (χ1n) is 8.24. The third kappa shape index (κ3) is 4.27. The van der Waals surface area contributed by atoms with Crippen LogP contribution in [-0.4, -0.2) is 18.4 Å². The first-order chi connectivity index (χ1) is 12.8. The van der Waals surface area contributed by atoms with E-state index in [0.717, 1.165) is 12.1 Å². The van der Waals surface area contributed by atoms with Crippen LogP contribution in [-0.2, 0) is 22.3 Å². The summed E-state index contributed by atoms with van der Waals surface area (Å²) in [6.07, 6.45) is -4.46. The Kier molecular flexibility index (Phi) is 5.16. The number of hydrogen-bond donors (Lipinski definition) is 1. The molecule has 0 radical (unpaired) electrons. The molecule has 27 heavy (non-hydrogen) atoms. The van der Waals surface area contributed by atoms with E-state index in [2.05, 4.69) is 5.32 Å². The lowest BCUT2D eigenvalue weighted by Gasteiger charge is -2.17. The maximum atomic E-state index is 13.9. The van der Waals surface area contributed by atoms with Crippen molar-refractivity contribution in [3.8, 4) is 0 Å². The zero-order chi connectivity index (χ0) is 19.6. The van der Waals surface area contributed by atoms with Crippen LogP contribution in [0.5, 0.6) is 0 Å². The minimum atomic E-state index is -4.41. The standard InChI is InChI=1S/C19H16F4N2O2/c20-15-3-1-2-4-16(15)25-11-13(9-17(25)26)18(27)24-10-12-5-7-14(8-6-12)19(21,22)23/h1-8,13H,9-11H2,(H,24,27)/t13-/m1/s1. The van der Waals surface area contributed by atoms with Crippen molar-refractivity contribution in [2.24, 2.45) is 5.92 Å². The Bertz CT molecular complexity index is 850. The number of alkyl halides is 3. The minimum absolute atomic E-state index is 0.0430. The SMILES string of the molecule is O=C(NCc1ccc(C(F)(F)F)cc1)[C@@H]1CC(=O)N(c2ccccc2F)C1. The van der Waals surface area contributed by atoms with Crippen LogP contribution in [0.3, 0.4) is 0 Å². The van der Waals surface area contributed by atoms with E-state index in [0.29, 0.717) is 5.56 Å². The summed E-state index contributed by atoms with van der Waals surface area (Å²) in [6.45, 7) is 0.0972. The number of anilines is 1. The van der Waals surface area contributed by atoms with E-state index in [1.54, 1.807) is 6.07 Å². The molecule has 0 spiro atoms. The van der Waals surface area contributed by atoms with E-state index in [9.17, 15) is 27.2 Å². The topological polar surface area (TPSA) is 49.4 Å². The number of nitrogens with one attached hydrogen (secondary N) is 1. The number of para-hydroxylation sites is 1. The van der Waals surface area contributed by atoms with Gasteiger partial charge in [0.15, 0.2) is 0 Å². The van der Waals surface area contributed by atoms with Crippen LogP contribution in [0.25, 0.3) is 0 Å². The van der Waals surface area contributed by atoms with Crippen LogP contribution in [0, 0.1) is 11.7 Å². The molecule has 1 heterocycles. The Morgan fingerprint density at radius 1 is 1.11 bits per heavy atom. The zero-order valence-corrected chi connectivity index (χ0v) is 14.1. The lowest BCUT2D eigenvalue weighted by molar-refractivity contribution is -0.137. The molecule has 1 saturated heterocycles. The van der Waals surface area contributed by atoms with Crippen molar-refractivity contribution >= 4 is 17.5 Å². The van der Waals surface area contributed by atoms with E-state index < -0.39 is 29.4 Å². The molecule has 0 unspecified atom stereocenters. The van der Waals surface area contributed by atoms with E-state index in [4.69, 9.17) is 0 Å². The summed E-state index contributed by atoms with van der Waals surface area (Å²) in [4.78, 5) is 25.6. The van der Waals surface area contributed by atoms with E-state index in [1.807, 2.05) is 0 Å². The maximum Gasteiger partial charge on any atom is 0.416 e. The fraction of sp³-hybridized carbons (Fsp3) is 0.263. The van der Waals surface area contributed by atoms with Crippen molar-refractivity contribution in [1.29, 1.82) is 0 Å². The van der Waals surface area contributed by atoms with Crippen LogP contribution in [0.15, 0.2) is 48.5 Å². The fourth-order valence-electron chi connectivity index (χ4n) is 2.93. The van der Waals surface area contributed by atoms with Crippen molar-refractivity contribution in [3.63, 3.8) is 0 Å². The molecule has 2 amide bonds. The second-order valence-electron chi connectivity index (χ2n) is 6.27. The number of benzene rings is 2. The molecule has 4 nitrogen and oxygen atoms in total. The highest BCUT2D eigenvalue weighted by Gasteiger charge is 2.36. The normalized spacial score (nSPS) is 17.3. The molecule has 0 saturated carbocycles. The zero-order valence-electron chi connectivity index (χ0n) is 14.1. The Hall–Kier alpha value is -2.90. The number of amides is 2. The van der Waals surface area contributed by atoms with Gasteiger partial charge in [-0.25, -0.2) is 4.39 Å². The van der Waals surface area contributed by atoms with Gasteiger partial charge in [0.05, 0.1) is 17.2 Å². The fourth-order valence-corrected chi connectivity index (χ4v) is 2.93. The van der Waals surface area contributed by atoms with Gasteiger partial charge in [-0.15, -0.1) is 0 Å². The number of nitrogens with zero attached hydrogens (tertiary/aromatic N) is 1. The molecule has 0 bridgehead atoms. The number of rotatable bonds is 4. The number of carbonyl (C=O) groups is 2. The molecule has 142 valence electrons. The summed E-state index contributed by atoms with van der Waals surface area (Å²) < 4.78 is 51.5. The van der Waals surface area contributed by atoms with Crippen molar-refractivity contribution in [2.75, 3.05) is 11.4 Å². The van der Waals surface area contributed by atoms with Crippen molar-refractivity contribution in [2.45, 2.75) is 19.1 Å². The molecule has 1 N–H and O–H groups in total. The summed E-state index contributed by atoms with van der Waals surface area (Å²) in [5.74, 6) is -1.94. The Morgan fingerprint density at radius 3 is 2.41 bits per heavy atom. The molecule has 0 aliphatic carbocycles. The Morgan fingerprint density at radius 2 is 1.78 bits per heavy atom. The Labute approximate surface area is 152 Å². The van der Waals surface area contributed by atoms with Gasteiger partial charge in [0.25, 0.3) is 0 Å². The first kappa shape index (κ1) is 18.9. The third-order valence-electron chi connectivity index (χ3n) is 4.39. The van der Waals surface area contributed by atoms with Crippen LogP contribution < -0.4 is 10.2 Å². The van der Waals surface area contributed by atoms with Gasteiger partial charge < -0.3 is 10.2 Å². The summed E-state index contributed by atoms with van der Waals surface area (Å²) in [5, 5.41) is 2.61. The van der Waals surface area contributed by atoms with Crippen LogP contribution >= 0.6 is 0 Å². The first-order valence-corrected chi connectivity index (χ1v) is 8.24. The van der Waals surface area contributed by atoms with Crippen molar-refractivity contribution in [1.82, 2.24) is 5.32 Å². The van der Waals surface area contributed by atoms with Gasteiger partial charge >= 0.3 is 6.18 Å². The van der Waals surface area contributed by atoms with Gasteiger partial charge in [-0.2, -0.15) is 13.2 Å². The van der Waals surface area contributed by atoms with E-state index in [1.165, 1.54) is 35.2 Å². The average Bonchev–Trinajstić information content (AvgIpc) is 3.01. The molecule has 8 heteroatoms. The predicted octanol–water partition coefficient (Wildman–Crippen LogP) is 3.51. The summed E-state index contributed by atoms with van der Waals surface area (Å²) in [7, 11) is 0. The minimum Gasteiger partial charge on any atom is -0.352 e. The second-order valence-corrected chi connectivity index (χ2v) is 6.27. The monoisotopic (exact) mass is 380 g/mol. The van der Waals surface area contributed by atoms with Crippen LogP contribution in [0.2, 0.25) is 0 Å². The summed E-state index contributed by atoms with van der Waals surface area (Å²) >= 11 is 0. The second kappa shape index (κ2) is 7.38. The van der Waals surface area contributed by atoms with E-state index in [-0.39, 0.29) is 31.1 Å². The maximum absolute atomic E-state index is 13.9. The number of carbonyl (C=O) groups excluding carboxylic acids is 2. The van der Waals surface area contributed by atoms with Gasteiger partial charge in [-0.05, 0) is 29.8 Å². The van der Waals surface area contributed by atoms with Gasteiger partial charge in [0, 0.05) is 19.5 Å². The third-order valence-corrected chi connectivity index (χ3v) is 4.39. The molecule has 1 atom stereocenters. The average molecular weight is 380 g/mol. The highest BCUT2D eigenvalue weighted by atomic mass is 19.4. The van der Waals surface area contributed by atoms with Crippen molar-refractivity contribution in [3.05, 3.63) is 65.5 Å². The molecule has 1 aliphatic heterocycles. The molecule has 2 aromatic rings. The molecular weight excluding hydrogens is 364 g/mol. The van der Waals surface area contributed by atoms with Gasteiger partial charge in [0.1, 0.15) is 5.82 Å². The van der Waals surface area contributed by atoms with Gasteiger partial charge in [-0.1, -0.05) is 24.3 Å². The summed E-state index contributed by atoms with van der Waals surface area (Å²) in [6, 6.07) is 10.3. The molecule has 2 aromatic carbocycles. The molecule has 3 rings (SSSR count). The van der Waals surface area contributed by atoms with Crippen LogP contribution in [0.1, 0.15) is 17.5 Å². The number of halogens is 4. The van der Waals surface area contributed by atoms with Crippen molar-refractivity contribution < 1.29 is 27.2 Å². The highest BCUT2D eigenvalue weighted by Crippen LogP contribution is 2.29. The number of hydrogen-bond acceptors (Lipinski definition) is 2. The van der Waals surface area contributed by atoms with Gasteiger partial charge in [0.2, 0.25) is 11.8 Å². The molecular formula is C19H16F4N2O2. The molecule has 0 aromatic heterocycles. The Balaban J connectivity index is 1.59. The smallest absolute Gasteiger partial charge is 0.352 e. The lowest BCUT2D eigenvalue weighted by Crippen LogP contribution is -2.32. The highest BCUT2D eigenvalue weighted by molar-refractivity contribution is 6.00. The lowest BCUT2D eigenvalue weighted by atomic mass is 10.1. The van der Waals surface area contributed by atoms with Gasteiger partial charge in [-0.3, -0.25) is 9.59 Å². The van der Waals surface area contributed by atoms with E-state index >= 15 is 0 Å². The molecule has 1 fully saturated rings. The summed E-state index contributed by atoms with van der Waals surface area (Å²) in [5.41, 5.74) is -0.133. The quantitative estimate of drug-likeness (QED) is 0.826. The molecule has 1 aliphatic rings. The predicted molar refractivity (Wildman–Crippen MR) is 90.2 cm³/mol. The van der Waals surface area contributed by atoms with Crippen LogP contribution in [0.4, 0.5) is 23.2 Å².